The molecule has 1 aliphatic rings. The molecule has 106 valence electrons. The van der Waals surface area contributed by atoms with Crippen LogP contribution in [0, 0.1) is 12.7 Å². The number of aryl methyl sites for hydroxylation is 1. The molecule has 0 saturated heterocycles. The van der Waals surface area contributed by atoms with Crippen LogP contribution in [-0.2, 0) is 13.1 Å². The number of anilines is 1. The number of aromatic nitrogens is 2. The second-order valence-corrected chi connectivity index (χ2v) is 5.29. The van der Waals surface area contributed by atoms with Crippen molar-refractivity contribution in [1.82, 2.24) is 9.55 Å². The molecule has 0 aliphatic carbocycles. The molecule has 2 heterocycles. The van der Waals surface area contributed by atoms with Crippen molar-refractivity contribution in [2.75, 3.05) is 11.4 Å². The molecular formula is C15H18FN3O. The second kappa shape index (κ2) is 4.90. The first-order chi connectivity index (χ1) is 9.56. The van der Waals surface area contributed by atoms with Crippen molar-refractivity contribution in [1.29, 1.82) is 0 Å². The van der Waals surface area contributed by atoms with E-state index in [4.69, 9.17) is 0 Å². The van der Waals surface area contributed by atoms with Crippen LogP contribution in [0.15, 0.2) is 24.5 Å². The molecule has 3 rings (SSSR count). The number of halogens is 1. The molecule has 4 nitrogen and oxygen atoms in total. The van der Waals surface area contributed by atoms with Crippen molar-refractivity contribution in [2.45, 2.75) is 33.0 Å². The number of nitrogens with zero attached hydrogens (tertiary/aromatic N) is 3. The zero-order valence-electron chi connectivity index (χ0n) is 11.7. The molecule has 1 aromatic heterocycles. The van der Waals surface area contributed by atoms with Gasteiger partial charge in [-0.05, 0) is 31.5 Å². The molecule has 1 aromatic carbocycles. The summed E-state index contributed by atoms with van der Waals surface area (Å²) < 4.78 is 15.9. The maximum absolute atomic E-state index is 13.7. The summed E-state index contributed by atoms with van der Waals surface area (Å²) in [5.74, 6) is 0.720. The SMILES string of the molecule is Cc1cc(N2CCn3ccnc3C2)c(C(C)O)cc1F. The fourth-order valence-electron chi connectivity index (χ4n) is 2.67. The number of imidazole rings is 1. The Morgan fingerprint density at radius 1 is 1.35 bits per heavy atom. The lowest BCUT2D eigenvalue weighted by molar-refractivity contribution is 0.199. The van der Waals surface area contributed by atoms with Crippen molar-refractivity contribution in [3.63, 3.8) is 0 Å². The van der Waals surface area contributed by atoms with E-state index in [1.807, 2.05) is 12.3 Å². The van der Waals surface area contributed by atoms with Gasteiger partial charge >= 0.3 is 0 Å². The van der Waals surface area contributed by atoms with E-state index in [2.05, 4.69) is 14.5 Å². The molecule has 1 N–H and O–H groups in total. The molecule has 0 bridgehead atoms. The van der Waals surface area contributed by atoms with E-state index < -0.39 is 6.10 Å². The fourth-order valence-corrected chi connectivity index (χ4v) is 2.67. The van der Waals surface area contributed by atoms with Crippen molar-refractivity contribution in [3.05, 3.63) is 47.3 Å². The first-order valence-electron chi connectivity index (χ1n) is 6.79. The van der Waals surface area contributed by atoms with Crippen molar-refractivity contribution < 1.29 is 9.50 Å². The molecule has 0 spiro atoms. The van der Waals surface area contributed by atoms with E-state index in [1.165, 1.54) is 6.07 Å². The van der Waals surface area contributed by atoms with Gasteiger partial charge in [-0.25, -0.2) is 9.37 Å². The third kappa shape index (κ3) is 2.18. The summed E-state index contributed by atoms with van der Waals surface area (Å²) in [5.41, 5.74) is 2.12. The average Bonchev–Trinajstić information content (AvgIpc) is 2.88. The van der Waals surface area contributed by atoms with E-state index in [-0.39, 0.29) is 5.82 Å². The molecule has 0 fully saturated rings. The summed E-state index contributed by atoms with van der Waals surface area (Å²) in [4.78, 5) is 6.48. The molecular weight excluding hydrogens is 257 g/mol. The molecule has 1 unspecified atom stereocenters. The summed E-state index contributed by atoms with van der Waals surface area (Å²) in [5, 5.41) is 9.89. The highest BCUT2D eigenvalue weighted by Crippen LogP contribution is 2.31. The fraction of sp³-hybridized carbons (Fsp3) is 0.400. The number of benzene rings is 1. The van der Waals surface area contributed by atoms with Gasteiger partial charge in [-0.15, -0.1) is 0 Å². The topological polar surface area (TPSA) is 41.3 Å². The predicted octanol–water partition coefficient (Wildman–Crippen LogP) is 2.40. The molecule has 0 saturated carbocycles. The third-order valence-corrected chi connectivity index (χ3v) is 3.84. The first kappa shape index (κ1) is 13.1. The summed E-state index contributed by atoms with van der Waals surface area (Å²) in [6, 6.07) is 3.26. The number of hydrogen-bond acceptors (Lipinski definition) is 3. The van der Waals surface area contributed by atoms with Gasteiger partial charge < -0.3 is 14.6 Å². The summed E-state index contributed by atoms with van der Waals surface area (Å²) in [7, 11) is 0. The Hall–Kier alpha value is -1.88. The predicted molar refractivity (Wildman–Crippen MR) is 75.0 cm³/mol. The lowest BCUT2D eigenvalue weighted by Gasteiger charge is -2.32. The standard InChI is InChI=1S/C15H18FN3O/c1-10-7-14(12(11(2)20)8-13(10)16)19-6-5-18-4-3-17-15(18)9-19/h3-4,7-8,11,20H,5-6,9H2,1-2H3. The minimum Gasteiger partial charge on any atom is -0.389 e. The number of aliphatic hydroxyl groups is 1. The average molecular weight is 275 g/mol. The van der Waals surface area contributed by atoms with Crippen LogP contribution < -0.4 is 4.90 Å². The summed E-state index contributed by atoms with van der Waals surface area (Å²) in [6.45, 7) is 5.77. The Balaban J connectivity index is 2.00. The van der Waals surface area contributed by atoms with Crippen LogP contribution in [0.2, 0.25) is 0 Å². The van der Waals surface area contributed by atoms with Gasteiger partial charge in [0, 0.05) is 36.7 Å². The van der Waals surface area contributed by atoms with Crippen LogP contribution >= 0.6 is 0 Å². The smallest absolute Gasteiger partial charge is 0.128 e. The number of fused-ring (bicyclic) bond motifs is 1. The highest BCUT2D eigenvalue weighted by Gasteiger charge is 2.21. The van der Waals surface area contributed by atoms with Gasteiger partial charge in [0.2, 0.25) is 0 Å². The Morgan fingerprint density at radius 2 is 2.15 bits per heavy atom. The summed E-state index contributed by atoms with van der Waals surface area (Å²) in [6.07, 6.45) is 3.07. The van der Waals surface area contributed by atoms with Crippen molar-refractivity contribution >= 4 is 5.69 Å². The maximum atomic E-state index is 13.7. The van der Waals surface area contributed by atoms with Gasteiger partial charge in [-0.1, -0.05) is 0 Å². The van der Waals surface area contributed by atoms with Crippen LogP contribution in [0.3, 0.4) is 0 Å². The van der Waals surface area contributed by atoms with Gasteiger partial charge in [-0.2, -0.15) is 0 Å². The van der Waals surface area contributed by atoms with E-state index in [9.17, 15) is 9.50 Å². The molecule has 1 atom stereocenters. The molecule has 20 heavy (non-hydrogen) atoms. The zero-order chi connectivity index (χ0) is 14.3. The Labute approximate surface area is 117 Å². The molecule has 5 heteroatoms. The van der Waals surface area contributed by atoms with Gasteiger partial charge in [0.05, 0.1) is 12.6 Å². The number of rotatable bonds is 2. The van der Waals surface area contributed by atoms with Crippen molar-refractivity contribution in [2.24, 2.45) is 0 Å². The Morgan fingerprint density at radius 3 is 2.90 bits per heavy atom. The van der Waals surface area contributed by atoms with Gasteiger partial charge in [0.15, 0.2) is 0 Å². The minimum absolute atomic E-state index is 0.275. The third-order valence-electron chi connectivity index (χ3n) is 3.84. The lowest BCUT2D eigenvalue weighted by atomic mass is 10.0. The van der Waals surface area contributed by atoms with Gasteiger partial charge in [0.1, 0.15) is 11.6 Å². The molecule has 0 amide bonds. The van der Waals surface area contributed by atoms with E-state index in [0.29, 0.717) is 17.7 Å². The maximum Gasteiger partial charge on any atom is 0.128 e. The van der Waals surface area contributed by atoms with Gasteiger partial charge in [0.25, 0.3) is 0 Å². The molecule has 2 aromatic rings. The van der Waals surface area contributed by atoms with Crippen LogP contribution in [0.1, 0.15) is 30.0 Å². The Kier molecular flexibility index (Phi) is 3.22. The highest BCUT2D eigenvalue weighted by atomic mass is 19.1. The lowest BCUT2D eigenvalue weighted by Crippen LogP contribution is -2.34. The number of aliphatic hydroxyl groups excluding tert-OH is 1. The van der Waals surface area contributed by atoms with Gasteiger partial charge in [-0.3, -0.25) is 0 Å². The normalized spacial score (nSPS) is 16.1. The Bertz CT molecular complexity index is 636. The van der Waals surface area contributed by atoms with Crippen LogP contribution in [-0.4, -0.2) is 21.2 Å². The highest BCUT2D eigenvalue weighted by molar-refractivity contribution is 5.57. The quantitative estimate of drug-likeness (QED) is 0.915. The molecule has 1 aliphatic heterocycles. The second-order valence-electron chi connectivity index (χ2n) is 5.29. The van der Waals surface area contributed by atoms with Crippen LogP contribution in [0.4, 0.5) is 10.1 Å². The number of hydrogen-bond donors (Lipinski definition) is 1. The van der Waals surface area contributed by atoms with Crippen LogP contribution in [0.5, 0.6) is 0 Å². The monoisotopic (exact) mass is 275 g/mol. The van der Waals surface area contributed by atoms with E-state index in [0.717, 1.165) is 24.6 Å². The minimum atomic E-state index is -0.693. The first-order valence-corrected chi connectivity index (χ1v) is 6.79. The largest absolute Gasteiger partial charge is 0.389 e. The summed E-state index contributed by atoms with van der Waals surface area (Å²) >= 11 is 0. The molecule has 0 radical (unpaired) electrons. The van der Waals surface area contributed by atoms with E-state index in [1.54, 1.807) is 20.0 Å². The van der Waals surface area contributed by atoms with Crippen LogP contribution in [0.25, 0.3) is 0 Å². The zero-order valence-corrected chi connectivity index (χ0v) is 11.7. The van der Waals surface area contributed by atoms with E-state index >= 15 is 0 Å². The van der Waals surface area contributed by atoms with Crippen molar-refractivity contribution in [3.8, 4) is 0 Å².